The van der Waals surface area contributed by atoms with E-state index in [0.29, 0.717) is 16.5 Å². The lowest BCUT2D eigenvalue weighted by atomic mass is 10.0. The van der Waals surface area contributed by atoms with Gasteiger partial charge in [-0.25, -0.2) is 0 Å². The summed E-state index contributed by atoms with van der Waals surface area (Å²) in [4.78, 5) is 34.2. The van der Waals surface area contributed by atoms with E-state index in [0.717, 1.165) is 0 Å². The number of hydrogen-bond acceptors (Lipinski definition) is 6. The maximum absolute atomic E-state index is 12.0. The van der Waals surface area contributed by atoms with Gasteiger partial charge in [-0.1, -0.05) is 6.07 Å². The second-order valence-corrected chi connectivity index (χ2v) is 6.25. The van der Waals surface area contributed by atoms with Gasteiger partial charge < -0.3 is 15.2 Å². The van der Waals surface area contributed by atoms with Crippen molar-refractivity contribution in [2.24, 2.45) is 5.73 Å². The van der Waals surface area contributed by atoms with Gasteiger partial charge in [-0.2, -0.15) is 5.10 Å². The fourth-order valence-electron chi connectivity index (χ4n) is 2.27. The van der Waals surface area contributed by atoms with Gasteiger partial charge in [0, 0.05) is 5.39 Å². The van der Waals surface area contributed by atoms with Crippen LogP contribution in [0.3, 0.4) is 0 Å². The van der Waals surface area contributed by atoms with E-state index in [1.54, 1.807) is 39.0 Å². The number of carbonyl (C=O) groups is 3. The zero-order chi connectivity index (χ0) is 17.9. The van der Waals surface area contributed by atoms with Crippen LogP contribution in [-0.4, -0.2) is 34.1 Å². The number of ether oxygens (including phenoxy) is 2. The fourth-order valence-corrected chi connectivity index (χ4v) is 2.27. The Hall–Kier alpha value is -2.90. The first-order valence-electron chi connectivity index (χ1n) is 7.30. The normalized spacial score (nSPS) is 12.6. The standard InChI is InChI=1S/C16H19N3O5/c1-16(2,3)24-13(21)7-12(23-8-20)9-4-5-11-10(6-9)14(15(17)22)19-18-11/h4-6,8,12H,7H2,1-3H3,(H2,17,22)(H,18,19). The van der Waals surface area contributed by atoms with Crippen molar-refractivity contribution in [2.45, 2.75) is 38.9 Å². The molecule has 24 heavy (non-hydrogen) atoms. The molecule has 128 valence electrons. The first-order valence-corrected chi connectivity index (χ1v) is 7.30. The van der Waals surface area contributed by atoms with Crippen molar-refractivity contribution in [1.29, 1.82) is 0 Å². The van der Waals surface area contributed by atoms with Gasteiger partial charge in [0.15, 0.2) is 5.69 Å². The average Bonchev–Trinajstić information content (AvgIpc) is 2.87. The highest BCUT2D eigenvalue weighted by Crippen LogP contribution is 2.26. The molecule has 2 aromatic rings. The van der Waals surface area contributed by atoms with Crippen molar-refractivity contribution in [3.8, 4) is 0 Å². The van der Waals surface area contributed by atoms with E-state index in [4.69, 9.17) is 15.2 Å². The highest BCUT2D eigenvalue weighted by atomic mass is 16.6. The molecule has 3 N–H and O–H groups in total. The number of rotatable bonds is 6. The van der Waals surface area contributed by atoms with Crippen LogP contribution in [-0.2, 0) is 19.1 Å². The molecule has 0 spiro atoms. The second-order valence-electron chi connectivity index (χ2n) is 6.25. The molecule has 8 nitrogen and oxygen atoms in total. The molecule has 1 unspecified atom stereocenters. The van der Waals surface area contributed by atoms with Crippen molar-refractivity contribution < 1.29 is 23.9 Å². The summed E-state index contributed by atoms with van der Waals surface area (Å²) in [5, 5.41) is 7.03. The Bertz CT molecular complexity index is 776. The number of nitrogens with one attached hydrogen (secondary N) is 1. The van der Waals surface area contributed by atoms with Crippen LogP contribution < -0.4 is 5.73 Å². The van der Waals surface area contributed by atoms with Crippen molar-refractivity contribution in [2.75, 3.05) is 0 Å². The maximum atomic E-state index is 12.0. The lowest BCUT2D eigenvalue weighted by Gasteiger charge is -2.21. The molecule has 8 heteroatoms. The van der Waals surface area contributed by atoms with Crippen LogP contribution in [0.2, 0.25) is 0 Å². The monoisotopic (exact) mass is 333 g/mol. The molecule has 0 radical (unpaired) electrons. The fraction of sp³-hybridized carbons (Fsp3) is 0.375. The summed E-state index contributed by atoms with van der Waals surface area (Å²) in [6.07, 6.45) is -0.983. The third kappa shape index (κ3) is 4.09. The number of carbonyl (C=O) groups excluding carboxylic acids is 3. The largest absolute Gasteiger partial charge is 0.460 e. The number of amides is 1. The average molecular weight is 333 g/mol. The third-order valence-electron chi connectivity index (χ3n) is 3.18. The number of aromatic amines is 1. The van der Waals surface area contributed by atoms with Gasteiger partial charge in [0.25, 0.3) is 12.4 Å². The molecule has 0 fully saturated rings. The minimum atomic E-state index is -0.836. The van der Waals surface area contributed by atoms with Crippen LogP contribution in [0.4, 0.5) is 0 Å². The van der Waals surface area contributed by atoms with E-state index in [1.165, 1.54) is 0 Å². The molecule has 0 saturated carbocycles. The number of primary amides is 1. The maximum Gasteiger partial charge on any atom is 0.310 e. The zero-order valence-corrected chi connectivity index (χ0v) is 13.7. The molecule has 0 aliphatic heterocycles. The van der Waals surface area contributed by atoms with E-state index < -0.39 is 23.6 Å². The quantitative estimate of drug-likeness (QED) is 0.611. The number of nitrogens with zero attached hydrogens (tertiary/aromatic N) is 1. The lowest BCUT2D eigenvalue weighted by Crippen LogP contribution is -2.25. The molecule has 0 aliphatic rings. The predicted molar refractivity (Wildman–Crippen MR) is 85.0 cm³/mol. The van der Waals surface area contributed by atoms with Crippen LogP contribution in [0.5, 0.6) is 0 Å². The van der Waals surface area contributed by atoms with Gasteiger partial charge in [-0.05, 0) is 38.5 Å². The lowest BCUT2D eigenvalue weighted by molar-refractivity contribution is -0.158. The predicted octanol–water partition coefficient (Wildman–Crippen LogP) is 1.61. The summed E-state index contributed by atoms with van der Waals surface area (Å²) in [5.74, 6) is -1.19. The zero-order valence-electron chi connectivity index (χ0n) is 13.7. The molecule has 1 aromatic carbocycles. The number of esters is 1. The Balaban J connectivity index is 2.31. The van der Waals surface area contributed by atoms with E-state index in [-0.39, 0.29) is 18.6 Å². The van der Waals surface area contributed by atoms with Crippen LogP contribution in [0, 0.1) is 0 Å². The second kappa shape index (κ2) is 6.69. The molecule has 0 saturated heterocycles. The summed E-state index contributed by atoms with van der Waals surface area (Å²) in [5.41, 5.74) is 5.85. The van der Waals surface area contributed by atoms with Gasteiger partial charge in [0.1, 0.15) is 11.7 Å². The Labute approximate surface area is 138 Å². The summed E-state index contributed by atoms with van der Waals surface area (Å²) in [6.45, 7) is 5.51. The SMILES string of the molecule is CC(C)(C)OC(=O)CC(OC=O)c1ccc2[nH]nc(C(N)=O)c2c1. The molecule has 1 aromatic heterocycles. The van der Waals surface area contributed by atoms with Gasteiger partial charge in [0.2, 0.25) is 0 Å². The van der Waals surface area contributed by atoms with Gasteiger partial charge in [-0.3, -0.25) is 19.5 Å². The van der Waals surface area contributed by atoms with E-state index in [1.807, 2.05) is 0 Å². The van der Waals surface area contributed by atoms with Crippen LogP contribution in [0.25, 0.3) is 10.9 Å². The number of fused-ring (bicyclic) bond motifs is 1. The highest BCUT2D eigenvalue weighted by molar-refractivity contribution is 6.04. The van der Waals surface area contributed by atoms with Crippen LogP contribution in [0.15, 0.2) is 18.2 Å². The van der Waals surface area contributed by atoms with E-state index in [2.05, 4.69) is 10.2 Å². The Morgan fingerprint density at radius 2 is 2.08 bits per heavy atom. The van der Waals surface area contributed by atoms with Crippen molar-refractivity contribution in [3.05, 3.63) is 29.5 Å². The third-order valence-corrected chi connectivity index (χ3v) is 3.18. The summed E-state index contributed by atoms with van der Waals surface area (Å²) >= 11 is 0. The molecular weight excluding hydrogens is 314 g/mol. The number of aromatic nitrogens is 2. The van der Waals surface area contributed by atoms with Crippen LogP contribution in [0.1, 0.15) is 49.3 Å². The topological polar surface area (TPSA) is 124 Å². The van der Waals surface area contributed by atoms with Crippen molar-refractivity contribution in [3.63, 3.8) is 0 Å². The van der Waals surface area contributed by atoms with E-state index >= 15 is 0 Å². The van der Waals surface area contributed by atoms with Gasteiger partial charge in [-0.15, -0.1) is 0 Å². The molecule has 2 rings (SSSR count). The highest BCUT2D eigenvalue weighted by Gasteiger charge is 2.23. The number of benzene rings is 1. The van der Waals surface area contributed by atoms with Crippen LogP contribution >= 0.6 is 0 Å². The van der Waals surface area contributed by atoms with Gasteiger partial charge in [0.05, 0.1) is 11.9 Å². The molecule has 1 amide bonds. The molecular formula is C16H19N3O5. The van der Waals surface area contributed by atoms with Gasteiger partial charge >= 0.3 is 5.97 Å². The molecule has 1 heterocycles. The minimum absolute atomic E-state index is 0.0778. The Kier molecular flexibility index (Phi) is 4.87. The first kappa shape index (κ1) is 17.5. The summed E-state index contributed by atoms with van der Waals surface area (Å²) in [7, 11) is 0. The first-order chi connectivity index (χ1) is 11.2. The number of nitrogens with two attached hydrogens (primary N) is 1. The molecule has 1 atom stereocenters. The minimum Gasteiger partial charge on any atom is -0.460 e. The Morgan fingerprint density at radius 3 is 2.67 bits per heavy atom. The number of hydrogen-bond donors (Lipinski definition) is 2. The number of H-pyrrole nitrogens is 1. The summed E-state index contributed by atoms with van der Waals surface area (Å²) in [6, 6.07) is 4.95. The smallest absolute Gasteiger partial charge is 0.310 e. The molecule has 0 bridgehead atoms. The van der Waals surface area contributed by atoms with Crippen molar-refractivity contribution >= 4 is 29.3 Å². The summed E-state index contributed by atoms with van der Waals surface area (Å²) < 4.78 is 10.3. The molecule has 0 aliphatic carbocycles. The van der Waals surface area contributed by atoms with Crippen molar-refractivity contribution in [1.82, 2.24) is 10.2 Å². The van der Waals surface area contributed by atoms with E-state index in [9.17, 15) is 14.4 Å². The Morgan fingerprint density at radius 1 is 1.38 bits per heavy atom.